The van der Waals surface area contributed by atoms with Crippen LogP contribution in [-0.4, -0.2) is 38.5 Å². The highest BCUT2D eigenvalue weighted by atomic mass is 127. The number of carbonyl (C=O) groups excluding carboxylic acids is 1. The highest BCUT2D eigenvalue weighted by molar-refractivity contribution is 14.1. The van der Waals surface area contributed by atoms with E-state index >= 15 is 0 Å². The Hall–Kier alpha value is -0.320. The minimum atomic E-state index is -3.75. The van der Waals surface area contributed by atoms with Crippen LogP contribution in [0.25, 0.3) is 0 Å². The maximum atomic E-state index is 12.4. The summed E-state index contributed by atoms with van der Waals surface area (Å²) >= 11 is 3.65. The van der Waals surface area contributed by atoms with Gasteiger partial charge in [-0.25, -0.2) is 8.42 Å². The van der Waals surface area contributed by atoms with Crippen molar-refractivity contribution in [3.05, 3.63) is 27.8 Å². The topological polar surface area (TPSA) is 72.5 Å². The lowest BCUT2D eigenvalue weighted by atomic mass is 10.2. The fourth-order valence-electron chi connectivity index (χ4n) is 1.64. The predicted octanol–water partition coefficient (Wildman–Crippen LogP) is 2.64. The second kappa shape index (κ2) is 9.09. The molecule has 1 unspecified atom stereocenters. The van der Waals surface area contributed by atoms with Crippen LogP contribution in [0, 0.1) is 3.57 Å². The van der Waals surface area contributed by atoms with E-state index in [0.29, 0.717) is 12.2 Å². The monoisotopic (exact) mass is 457 g/mol. The number of thioether (sulfide) groups is 1. The maximum absolute atomic E-state index is 12.4. The number of hydrogen-bond donors (Lipinski definition) is 1. The molecule has 8 heteroatoms. The number of halogens is 1. The van der Waals surface area contributed by atoms with E-state index in [4.69, 9.17) is 4.74 Å². The minimum absolute atomic E-state index is 0.138. The van der Waals surface area contributed by atoms with Gasteiger partial charge in [-0.1, -0.05) is 0 Å². The van der Waals surface area contributed by atoms with Crippen molar-refractivity contribution in [3.8, 4) is 0 Å². The molecule has 0 aromatic heterocycles. The molecule has 0 heterocycles. The first-order chi connectivity index (χ1) is 10.3. The van der Waals surface area contributed by atoms with Crippen LogP contribution in [0.2, 0.25) is 0 Å². The molecule has 124 valence electrons. The fourth-order valence-corrected chi connectivity index (χ4v) is 3.69. The van der Waals surface area contributed by atoms with Crippen LogP contribution in [0.5, 0.6) is 0 Å². The number of sulfonamides is 1. The number of ether oxygens (including phenoxy) is 1. The van der Waals surface area contributed by atoms with E-state index in [-0.39, 0.29) is 11.0 Å². The van der Waals surface area contributed by atoms with Crippen molar-refractivity contribution in [3.63, 3.8) is 0 Å². The molecule has 22 heavy (non-hydrogen) atoms. The number of rotatable bonds is 8. The zero-order valence-electron chi connectivity index (χ0n) is 12.7. The van der Waals surface area contributed by atoms with Gasteiger partial charge in [-0.3, -0.25) is 4.79 Å². The third-order valence-electron chi connectivity index (χ3n) is 2.67. The Labute approximate surface area is 149 Å². The van der Waals surface area contributed by atoms with Crippen molar-refractivity contribution in [2.75, 3.05) is 12.0 Å². The number of hydrogen-bond acceptors (Lipinski definition) is 5. The molecule has 0 fully saturated rings. The smallest absolute Gasteiger partial charge is 0.324 e. The zero-order chi connectivity index (χ0) is 16.8. The summed E-state index contributed by atoms with van der Waals surface area (Å²) in [5.74, 6) is 0.116. The molecule has 0 radical (unpaired) electrons. The molecule has 0 bridgehead atoms. The van der Waals surface area contributed by atoms with E-state index in [1.165, 1.54) is 12.1 Å². The minimum Gasteiger partial charge on any atom is -0.462 e. The van der Waals surface area contributed by atoms with Crippen molar-refractivity contribution < 1.29 is 17.9 Å². The molecule has 1 N–H and O–H groups in total. The Kier molecular flexibility index (Phi) is 8.15. The summed E-state index contributed by atoms with van der Waals surface area (Å²) in [5.41, 5.74) is 0. The number of benzene rings is 1. The predicted molar refractivity (Wildman–Crippen MR) is 97.5 cm³/mol. The number of nitrogens with one attached hydrogen (secondary N) is 1. The van der Waals surface area contributed by atoms with E-state index < -0.39 is 22.0 Å². The molecule has 0 aliphatic heterocycles. The van der Waals surface area contributed by atoms with Crippen LogP contribution in [0.1, 0.15) is 20.3 Å². The maximum Gasteiger partial charge on any atom is 0.324 e. The Morgan fingerprint density at radius 3 is 2.41 bits per heavy atom. The van der Waals surface area contributed by atoms with E-state index in [9.17, 15) is 13.2 Å². The average molecular weight is 457 g/mol. The van der Waals surface area contributed by atoms with Crippen molar-refractivity contribution in [1.82, 2.24) is 4.72 Å². The van der Waals surface area contributed by atoms with Gasteiger partial charge >= 0.3 is 5.97 Å². The molecule has 0 saturated carbocycles. The van der Waals surface area contributed by atoms with E-state index in [0.717, 1.165) is 3.57 Å². The third kappa shape index (κ3) is 6.43. The Balaban J connectivity index is 2.91. The Morgan fingerprint density at radius 2 is 1.91 bits per heavy atom. The van der Waals surface area contributed by atoms with Gasteiger partial charge in [0.25, 0.3) is 0 Å². The first-order valence-corrected chi connectivity index (χ1v) is 10.7. The molecule has 0 spiro atoms. The highest BCUT2D eigenvalue weighted by Crippen LogP contribution is 2.14. The summed E-state index contributed by atoms with van der Waals surface area (Å²) in [5, 5.41) is 0. The second-order valence-electron chi connectivity index (χ2n) is 4.89. The van der Waals surface area contributed by atoms with Crippen LogP contribution >= 0.6 is 34.4 Å². The van der Waals surface area contributed by atoms with Gasteiger partial charge < -0.3 is 4.74 Å². The Morgan fingerprint density at radius 1 is 1.32 bits per heavy atom. The quantitative estimate of drug-likeness (QED) is 0.480. The SMILES string of the molecule is CSCCC(NS(=O)(=O)c1ccc(I)cc1)C(=O)OC(C)C. The van der Waals surface area contributed by atoms with Crippen LogP contribution < -0.4 is 4.72 Å². The Bertz CT molecular complexity index is 587. The highest BCUT2D eigenvalue weighted by Gasteiger charge is 2.27. The van der Waals surface area contributed by atoms with E-state index in [2.05, 4.69) is 27.3 Å². The van der Waals surface area contributed by atoms with Gasteiger partial charge in [-0.05, 0) is 79.1 Å². The van der Waals surface area contributed by atoms with Gasteiger partial charge in [-0.2, -0.15) is 16.5 Å². The number of carbonyl (C=O) groups is 1. The second-order valence-corrected chi connectivity index (χ2v) is 8.84. The molecular formula is C14H20INO4S2. The lowest BCUT2D eigenvalue weighted by molar-refractivity contribution is -0.149. The molecule has 1 aromatic rings. The average Bonchev–Trinajstić information content (AvgIpc) is 2.43. The van der Waals surface area contributed by atoms with Crippen LogP contribution in [0.15, 0.2) is 29.2 Å². The molecule has 5 nitrogen and oxygen atoms in total. The van der Waals surface area contributed by atoms with Gasteiger partial charge in [-0.15, -0.1) is 0 Å². The van der Waals surface area contributed by atoms with Crippen molar-refractivity contribution >= 4 is 50.3 Å². The van der Waals surface area contributed by atoms with Crippen LogP contribution in [0.4, 0.5) is 0 Å². The molecule has 0 aliphatic carbocycles. The van der Waals surface area contributed by atoms with E-state index in [1.807, 2.05) is 6.26 Å². The van der Waals surface area contributed by atoms with E-state index in [1.54, 1.807) is 37.7 Å². The molecule has 0 amide bonds. The molecule has 1 aromatic carbocycles. The summed E-state index contributed by atoms with van der Waals surface area (Å²) in [6.07, 6.45) is 2.00. The molecule has 1 atom stereocenters. The van der Waals surface area contributed by atoms with Crippen LogP contribution in [-0.2, 0) is 19.6 Å². The van der Waals surface area contributed by atoms with Crippen molar-refractivity contribution in [1.29, 1.82) is 0 Å². The van der Waals surface area contributed by atoms with Gasteiger partial charge in [0, 0.05) is 3.57 Å². The van der Waals surface area contributed by atoms with Gasteiger partial charge in [0.05, 0.1) is 11.0 Å². The fraction of sp³-hybridized carbons (Fsp3) is 0.500. The van der Waals surface area contributed by atoms with Gasteiger partial charge in [0.1, 0.15) is 6.04 Å². The normalized spacial score (nSPS) is 13.1. The van der Waals surface area contributed by atoms with Crippen molar-refractivity contribution in [2.45, 2.75) is 37.3 Å². The summed E-state index contributed by atoms with van der Waals surface area (Å²) in [4.78, 5) is 12.2. The zero-order valence-corrected chi connectivity index (χ0v) is 16.5. The first kappa shape index (κ1) is 19.7. The lowest BCUT2D eigenvalue weighted by Gasteiger charge is -2.19. The number of esters is 1. The summed E-state index contributed by atoms with van der Waals surface area (Å²) in [7, 11) is -3.75. The molecular weight excluding hydrogens is 437 g/mol. The summed E-state index contributed by atoms with van der Waals surface area (Å²) in [6, 6.07) is 5.57. The summed E-state index contributed by atoms with van der Waals surface area (Å²) < 4.78 is 33.3. The van der Waals surface area contributed by atoms with Crippen LogP contribution in [0.3, 0.4) is 0 Å². The standard InChI is InChI=1S/C14H20INO4S2/c1-10(2)20-14(17)13(8-9-21-3)16-22(18,19)12-6-4-11(15)5-7-12/h4-7,10,13,16H,8-9H2,1-3H3. The molecule has 0 aliphatic rings. The van der Waals surface area contributed by atoms with Gasteiger partial charge in [0.2, 0.25) is 10.0 Å². The third-order valence-corrected chi connectivity index (χ3v) is 5.52. The summed E-state index contributed by atoms with van der Waals surface area (Å²) in [6.45, 7) is 3.47. The molecule has 0 saturated heterocycles. The molecule has 1 rings (SSSR count). The first-order valence-electron chi connectivity index (χ1n) is 6.73. The largest absolute Gasteiger partial charge is 0.462 e. The lowest BCUT2D eigenvalue weighted by Crippen LogP contribution is -2.42. The van der Waals surface area contributed by atoms with Gasteiger partial charge in [0.15, 0.2) is 0 Å². The van der Waals surface area contributed by atoms with Crippen molar-refractivity contribution in [2.24, 2.45) is 0 Å².